The first-order chi connectivity index (χ1) is 12.4. The Hall–Kier alpha value is -2.96. The van der Waals surface area contributed by atoms with Gasteiger partial charge in [0.15, 0.2) is 0 Å². The van der Waals surface area contributed by atoms with Crippen LogP contribution >= 0.6 is 0 Å². The Morgan fingerprint density at radius 3 is 2.77 bits per heavy atom. The van der Waals surface area contributed by atoms with Crippen LogP contribution in [0.4, 0.5) is 5.82 Å². The number of hydrogen-bond acceptors (Lipinski definition) is 4. The average molecular weight is 354 g/mol. The third-order valence-electron chi connectivity index (χ3n) is 4.55. The Morgan fingerprint density at radius 1 is 1.23 bits per heavy atom. The van der Waals surface area contributed by atoms with Gasteiger partial charge in [-0.25, -0.2) is 4.98 Å². The molecular weight excluding hydrogens is 332 g/mol. The summed E-state index contributed by atoms with van der Waals surface area (Å²) in [4.78, 5) is 42.7. The maximum absolute atomic E-state index is 12.7. The number of nitrogens with one attached hydrogen (secondary N) is 1. The van der Waals surface area contributed by atoms with Crippen LogP contribution in [-0.4, -0.2) is 39.4 Å². The van der Waals surface area contributed by atoms with Crippen LogP contribution in [0.1, 0.15) is 28.9 Å². The summed E-state index contributed by atoms with van der Waals surface area (Å²) in [7, 11) is 1.61. The Morgan fingerprint density at radius 2 is 2.04 bits per heavy atom. The fourth-order valence-corrected chi connectivity index (χ4v) is 3.12. The van der Waals surface area contributed by atoms with Crippen LogP contribution in [0.3, 0.4) is 0 Å². The number of nitrogens with zero attached hydrogens (tertiary/aromatic N) is 3. The summed E-state index contributed by atoms with van der Waals surface area (Å²) in [6, 6.07) is 8.37. The third-order valence-corrected chi connectivity index (χ3v) is 4.55. The molecule has 2 amide bonds. The highest BCUT2D eigenvalue weighted by molar-refractivity contribution is 5.95. The first-order valence-corrected chi connectivity index (χ1v) is 8.64. The molecule has 1 fully saturated rings. The number of amides is 2. The molecular formula is C19H22N4O3. The van der Waals surface area contributed by atoms with Crippen molar-refractivity contribution in [1.82, 2.24) is 14.5 Å². The number of rotatable bonds is 3. The molecule has 3 heterocycles. The summed E-state index contributed by atoms with van der Waals surface area (Å²) in [5.74, 6) is -0.0353. The van der Waals surface area contributed by atoms with Crippen molar-refractivity contribution >= 4 is 17.6 Å². The highest BCUT2D eigenvalue weighted by atomic mass is 16.2. The van der Waals surface area contributed by atoms with E-state index in [1.165, 1.54) is 22.9 Å². The van der Waals surface area contributed by atoms with Gasteiger partial charge >= 0.3 is 0 Å². The number of aryl methyl sites for hydroxylation is 2. The van der Waals surface area contributed by atoms with E-state index in [9.17, 15) is 14.4 Å². The summed E-state index contributed by atoms with van der Waals surface area (Å²) in [6.07, 6.45) is 3.02. The summed E-state index contributed by atoms with van der Waals surface area (Å²) in [5, 5.41) is 2.83. The van der Waals surface area contributed by atoms with Crippen molar-refractivity contribution in [3.05, 3.63) is 58.1 Å². The number of carbonyl (C=O) groups is 2. The second-order valence-corrected chi connectivity index (χ2v) is 6.61. The topological polar surface area (TPSA) is 84.3 Å². The van der Waals surface area contributed by atoms with Crippen molar-refractivity contribution in [1.29, 1.82) is 0 Å². The van der Waals surface area contributed by atoms with Crippen LogP contribution < -0.4 is 10.9 Å². The zero-order chi connectivity index (χ0) is 18.7. The van der Waals surface area contributed by atoms with Crippen LogP contribution in [0.15, 0.2) is 41.3 Å². The standard InChI is InChI=1S/C19H22N4O3/c1-13-5-3-7-16(20-13)21-18(25)14-6-4-10-23(12-14)19(26)15-8-9-17(24)22(2)11-15/h3,5,7-9,11,14H,4,6,10,12H2,1-2H3,(H,20,21,25). The number of anilines is 1. The van der Waals surface area contributed by atoms with E-state index in [2.05, 4.69) is 10.3 Å². The molecule has 2 aromatic heterocycles. The fraction of sp³-hybridized carbons (Fsp3) is 0.368. The second kappa shape index (κ2) is 7.51. The zero-order valence-electron chi connectivity index (χ0n) is 14.9. The predicted molar refractivity (Wildman–Crippen MR) is 97.9 cm³/mol. The van der Waals surface area contributed by atoms with Crippen molar-refractivity contribution in [2.75, 3.05) is 18.4 Å². The lowest BCUT2D eigenvalue weighted by molar-refractivity contribution is -0.121. The van der Waals surface area contributed by atoms with Gasteiger partial charge in [0.25, 0.3) is 5.91 Å². The van der Waals surface area contributed by atoms with E-state index in [0.717, 1.165) is 18.5 Å². The number of carbonyl (C=O) groups excluding carboxylic acids is 2. The van der Waals surface area contributed by atoms with Gasteiger partial charge in [-0.15, -0.1) is 0 Å². The highest BCUT2D eigenvalue weighted by Crippen LogP contribution is 2.20. The van der Waals surface area contributed by atoms with Crippen molar-refractivity contribution in [3.8, 4) is 0 Å². The molecule has 1 unspecified atom stereocenters. The van der Waals surface area contributed by atoms with E-state index < -0.39 is 0 Å². The van der Waals surface area contributed by atoms with Gasteiger partial charge in [-0.2, -0.15) is 0 Å². The van der Waals surface area contributed by atoms with Crippen LogP contribution in [0.2, 0.25) is 0 Å². The van der Waals surface area contributed by atoms with Crippen LogP contribution in [0, 0.1) is 12.8 Å². The van der Waals surface area contributed by atoms with E-state index in [1.807, 2.05) is 19.1 Å². The predicted octanol–water partition coefficient (Wildman–Crippen LogP) is 1.58. The maximum Gasteiger partial charge on any atom is 0.255 e. The normalized spacial score (nSPS) is 17.0. The summed E-state index contributed by atoms with van der Waals surface area (Å²) in [5.41, 5.74) is 1.12. The average Bonchev–Trinajstić information content (AvgIpc) is 2.63. The van der Waals surface area contributed by atoms with Gasteiger partial charge in [0.2, 0.25) is 11.5 Å². The molecule has 0 saturated carbocycles. The van der Waals surface area contributed by atoms with Crippen molar-refractivity contribution in [3.63, 3.8) is 0 Å². The molecule has 7 nitrogen and oxygen atoms in total. The Balaban J connectivity index is 1.68. The largest absolute Gasteiger partial charge is 0.338 e. The lowest BCUT2D eigenvalue weighted by atomic mass is 9.96. The van der Waals surface area contributed by atoms with Gasteiger partial charge in [-0.1, -0.05) is 6.07 Å². The molecule has 0 spiro atoms. The van der Waals surface area contributed by atoms with Gasteiger partial charge in [0.05, 0.1) is 11.5 Å². The molecule has 1 aliphatic rings. The zero-order valence-corrected chi connectivity index (χ0v) is 14.9. The lowest BCUT2D eigenvalue weighted by Gasteiger charge is -2.32. The quantitative estimate of drug-likeness (QED) is 0.907. The molecule has 1 aliphatic heterocycles. The molecule has 7 heteroatoms. The van der Waals surface area contributed by atoms with E-state index in [4.69, 9.17) is 0 Å². The molecule has 0 bridgehead atoms. The molecule has 1 atom stereocenters. The summed E-state index contributed by atoms with van der Waals surface area (Å²) >= 11 is 0. The minimum absolute atomic E-state index is 0.124. The number of piperidine rings is 1. The first kappa shape index (κ1) is 17.8. The SMILES string of the molecule is Cc1cccc(NC(=O)C2CCCN(C(=O)c3ccc(=O)n(C)c3)C2)n1. The molecule has 0 radical (unpaired) electrons. The van der Waals surface area contributed by atoms with E-state index >= 15 is 0 Å². The fourth-order valence-electron chi connectivity index (χ4n) is 3.12. The number of aromatic nitrogens is 2. The van der Waals surface area contributed by atoms with Crippen LogP contribution in [0.25, 0.3) is 0 Å². The molecule has 3 rings (SSSR count). The van der Waals surface area contributed by atoms with E-state index in [0.29, 0.717) is 24.5 Å². The molecule has 1 saturated heterocycles. The highest BCUT2D eigenvalue weighted by Gasteiger charge is 2.29. The Kier molecular flexibility index (Phi) is 5.16. The Labute approximate surface area is 151 Å². The molecule has 2 aromatic rings. The van der Waals surface area contributed by atoms with Crippen molar-refractivity contribution in [2.24, 2.45) is 13.0 Å². The van der Waals surface area contributed by atoms with E-state index in [-0.39, 0.29) is 23.3 Å². The second-order valence-electron chi connectivity index (χ2n) is 6.61. The van der Waals surface area contributed by atoms with Crippen LogP contribution in [0.5, 0.6) is 0 Å². The van der Waals surface area contributed by atoms with Gasteiger partial charge in [0.1, 0.15) is 5.82 Å². The smallest absolute Gasteiger partial charge is 0.255 e. The molecule has 0 aromatic carbocycles. The minimum atomic E-state index is -0.275. The van der Waals surface area contributed by atoms with Gasteiger partial charge in [0, 0.05) is 38.1 Å². The summed E-state index contributed by atoms with van der Waals surface area (Å²) < 4.78 is 1.38. The van der Waals surface area contributed by atoms with Gasteiger partial charge < -0.3 is 14.8 Å². The first-order valence-electron chi connectivity index (χ1n) is 8.64. The summed E-state index contributed by atoms with van der Waals surface area (Å²) in [6.45, 7) is 2.83. The van der Waals surface area contributed by atoms with Crippen LogP contribution in [-0.2, 0) is 11.8 Å². The van der Waals surface area contributed by atoms with Gasteiger partial charge in [-0.05, 0) is 38.0 Å². The molecule has 26 heavy (non-hydrogen) atoms. The number of pyridine rings is 2. The lowest BCUT2D eigenvalue weighted by Crippen LogP contribution is -2.44. The monoisotopic (exact) mass is 354 g/mol. The molecule has 0 aliphatic carbocycles. The van der Waals surface area contributed by atoms with Gasteiger partial charge in [-0.3, -0.25) is 14.4 Å². The number of likely N-dealkylation sites (tertiary alicyclic amines) is 1. The molecule has 136 valence electrons. The Bertz CT molecular complexity index is 890. The third kappa shape index (κ3) is 3.99. The minimum Gasteiger partial charge on any atom is -0.338 e. The molecule has 1 N–H and O–H groups in total. The van der Waals surface area contributed by atoms with Crippen molar-refractivity contribution in [2.45, 2.75) is 19.8 Å². The number of hydrogen-bond donors (Lipinski definition) is 1. The van der Waals surface area contributed by atoms with E-state index in [1.54, 1.807) is 18.0 Å². The maximum atomic E-state index is 12.7. The van der Waals surface area contributed by atoms with Crippen molar-refractivity contribution < 1.29 is 9.59 Å².